The van der Waals surface area contributed by atoms with E-state index in [1.54, 1.807) is 0 Å². The molecule has 0 aliphatic carbocycles. The van der Waals surface area contributed by atoms with Gasteiger partial charge in [0.15, 0.2) is 0 Å². The molecule has 37 valence electrons. The normalized spacial score (nSPS) is 4.50. The topological polar surface area (TPSA) is 37.3 Å². The van der Waals surface area contributed by atoms with Crippen LogP contribution in [0.5, 0.6) is 0 Å². The maximum atomic E-state index is 8.61. The summed E-state index contributed by atoms with van der Waals surface area (Å²) in [6, 6.07) is 0. The molecule has 0 aromatic heterocycles. The van der Waals surface area contributed by atoms with Crippen LogP contribution in [0.3, 0.4) is 0 Å². The van der Waals surface area contributed by atoms with Crippen molar-refractivity contribution >= 4 is 0 Å². The fraction of sp³-hybridized carbons (Fsp3) is 0.667. The van der Waals surface area contributed by atoms with Crippen LogP contribution in [-0.4, -0.2) is 3.69 Å². The number of hydrogen-bond acceptors (Lipinski definition) is 1. The summed E-state index contributed by atoms with van der Waals surface area (Å²) >= 11 is -1.75. The van der Waals surface area contributed by atoms with E-state index in [1.807, 2.05) is 6.92 Å². The summed E-state index contributed by atoms with van der Waals surface area (Å²) in [7, 11) is 0. The summed E-state index contributed by atoms with van der Waals surface area (Å²) in [5, 5.41) is 0. The first-order chi connectivity index (χ1) is 2.83. The molecular formula is C3H8O2Ti-. The number of hydrogen-bond donors (Lipinski definition) is 1. The van der Waals surface area contributed by atoms with Gasteiger partial charge < -0.3 is 6.92 Å². The van der Waals surface area contributed by atoms with Crippen LogP contribution in [0.15, 0.2) is 0 Å². The van der Waals surface area contributed by atoms with Gasteiger partial charge in [-0.15, -0.1) is 0 Å². The molecule has 0 bridgehead atoms. The van der Waals surface area contributed by atoms with Crippen LogP contribution >= 0.6 is 0 Å². The van der Waals surface area contributed by atoms with E-state index < -0.39 is 19.5 Å². The van der Waals surface area contributed by atoms with Gasteiger partial charge in [-0.05, 0) is 0 Å². The Balaban J connectivity index is 0. The van der Waals surface area contributed by atoms with E-state index >= 15 is 0 Å². The predicted molar refractivity (Wildman–Crippen MR) is 18.6 cm³/mol. The predicted octanol–water partition coefficient (Wildman–Crippen LogP) is 0.552. The Hall–Kier alpha value is 0.474. The van der Waals surface area contributed by atoms with E-state index in [1.165, 1.54) is 0 Å². The monoisotopic (exact) mass is 124 g/mol. The van der Waals surface area contributed by atoms with Gasteiger partial charge in [0.2, 0.25) is 0 Å². The second kappa shape index (κ2) is 17.9. The molecule has 0 saturated carbocycles. The average Bonchev–Trinajstić information content (AvgIpc) is 1.39. The third kappa shape index (κ3) is 240. The maximum absolute atomic E-state index is 8.61. The molecule has 0 aromatic rings. The van der Waals surface area contributed by atoms with E-state index in [-0.39, 0.29) is 0 Å². The van der Waals surface area contributed by atoms with Crippen LogP contribution in [0.2, 0.25) is 0 Å². The van der Waals surface area contributed by atoms with Crippen LogP contribution in [0.25, 0.3) is 0 Å². The van der Waals surface area contributed by atoms with Gasteiger partial charge in [-0.2, -0.15) is 6.42 Å². The van der Waals surface area contributed by atoms with Crippen LogP contribution in [-0.2, 0) is 22.8 Å². The quantitative estimate of drug-likeness (QED) is 0.378. The van der Waals surface area contributed by atoms with Crippen molar-refractivity contribution in [3.63, 3.8) is 0 Å². The van der Waals surface area contributed by atoms with Gasteiger partial charge >= 0.3 is 26.5 Å². The molecule has 0 spiro atoms. The van der Waals surface area contributed by atoms with E-state index in [0.29, 0.717) is 0 Å². The Bertz CT molecular complexity index is 22.8. The van der Waals surface area contributed by atoms with Crippen molar-refractivity contribution in [3.05, 3.63) is 6.92 Å². The van der Waals surface area contributed by atoms with Gasteiger partial charge in [0.05, 0.1) is 0 Å². The van der Waals surface area contributed by atoms with Crippen molar-refractivity contribution in [1.82, 2.24) is 0 Å². The Morgan fingerprint density at radius 2 is 2.00 bits per heavy atom. The van der Waals surface area contributed by atoms with Crippen molar-refractivity contribution in [2.45, 2.75) is 13.3 Å². The third-order valence-corrected chi connectivity index (χ3v) is 0. The molecule has 0 aliphatic heterocycles. The molecule has 1 N–H and O–H groups in total. The molecule has 0 atom stereocenters. The van der Waals surface area contributed by atoms with E-state index in [4.69, 9.17) is 7.01 Å². The van der Waals surface area contributed by atoms with E-state index in [0.717, 1.165) is 6.42 Å². The molecule has 0 heterocycles. The van der Waals surface area contributed by atoms with Gasteiger partial charge in [0, 0.05) is 0 Å². The first kappa shape index (κ1) is 9.69. The van der Waals surface area contributed by atoms with Crippen molar-refractivity contribution in [2.75, 3.05) is 0 Å². The molecule has 2 nitrogen and oxygen atoms in total. The zero-order valence-corrected chi connectivity index (χ0v) is 5.33. The van der Waals surface area contributed by atoms with Crippen molar-refractivity contribution in [1.29, 1.82) is 0 Å². The van der Waals surface area contributed by atoms with Crippen molar-refractivity contribution < 1.29 is 26.5 Å². The van der Waals surface area contributed by atoms with Gasteiger partial charge in [-0.1, -0.05) is 6.92 Å². The van der Waals surface area contributed by atoms with E-state index in [9.17, 15) is 0 Å². The van der Waals surface area contributed by atoms with Gasteiger partial charge in [-0.3, -0.25) is 0 Å². The summed E-state index contributed by atoms with van der Waals surface area (Å²) in [5.41, 5.74) is 0. The minimum absolute atomic E-state index is 1.00. The SMILES string of the molecule is [CH2-]CC.[O]=[Ti][OH]. The Morgan fingerprint density at radius 3 is 2.00 bits per heavy atom. The van der Waals surface area contributed by atoms with Crippen LogP contribution < -0.4 is 0 Å². The first-order valence-corrected chi connectivity index (χ1v) is 2.97. The Labute approximate surface area is 47.3 Å². The van der Waals surface area contributed by atoms with Gasteiger partial charge in [0.25, 0.3) is 0 Å². The molecule has 0 rings (SSSR count). The molecule has 0 radical (unpaired) electrons. The van der Waals surface area contributed by atoms with Gasteiger partial charge in [-0.25, -0.2) is 0 Å². The molecule has 6 heavy (non-hydrogen) atoms. The summed E-state index contributed by atoms with van der Waals surface area (Å²) in [6.45, 7) is 5.50. The van der Waals surface area contributed by atoms with E-state index in [2.05, 4.69) is 6.92 Å². The average molecular weight is 124 g/mol. The van der Waals surface area contributed by atoms with Crippen LogP contribution in [0.4, 0.5) is 0 Å². The molecule has 0 amide bonds. The standard InChI is InChI=1S/C3H7.H2O.O.Ti/c1-3-2;;;/h1,3H2,2H3;1H2;;/q-1;;;+1/p-1. The summed E-state index contributed by atoms with van der Waals surface area (Å²) in [6.07, 6.45) is 1.00. The third-order valence-electron chi connectivity index (χ3n) is 0. The molecule has 0 unspecified atom stereocenters. The second-order valence-corrected chi connectivity index (χ2v) is 0.876. The number of rotatable bonds is 0. The molecule has 0 saturated heterocycles. The van der Waals surface area contributed by atoms with Crippen molar-refractivity contribution in [3.8, 4) is 0 Å². The fourth-order valence-electron chi connectivity index (χ4n) is 0. The van der Waals surface area contributed by atoms with Crippen LogP contribution in [0.1, 0.15) is 13.3 Å². The minimum atomic E-state index is -1.75. The molecular weight excluding hydrogens is 116 g/mol. The van der Waals surface area contributed by atoms with Gasteiger partial charge in [0.1, 0.15) is 0 Å². The fourth-order valence-corrected chi connectivity index (χ4v) is 0. The zero-order valence-electron chi connectivity index (χ0n) is 3.77. The summed E-state index contributed by atoms with van der Waals surface area (Å²) in [4.78, 5) is 0. The Morgan fingerprint density at radius 1 is 2.00 bits per heavy atom. The first-order valence-electron chi connectivity index (χ1n) is 1.63. The summed E-state index contributed by atoms with van der Waals surface area (Å²) < 4.78 is 15.8. The Kier molecular flexibility index (Phi) is 28.9. The summed E-state index contributed by atoms with van der Waals surface area (Å²) in [5.74, 6) is 0. The second-order valence-electron chi connectivity index (χ2n) is 0.591. The molecule has 0 aromatic carbocycles. The zero-order chi connectivity index (χ0) is 5.41. The van der Waals surface area contributed by atoms with Crippen molar-refractivity contribution in [2.24, 2.45) is 0 Å². The molecule has 0 fully saturated rings. The molecule has 0 aliphatic rings. The molecule has 3 heteroatoms. The van der Waals surface area contributed by atoms with Crippen LogP contribution in [0, 0.1) is 6.92 Å².